The van der Waals surface area contributed by atoms with Gasteiger partial charge in [0, 0.05) is 12.2 Å². The number of cyclic esters (lactones) is 1. The quantitative estimate of drug-likeness (QED) is 0.775. The lowest BCUT2D eigenvalue weighted by Gasteiger charge is -2.50. The van der Waals surface area contributed by atoms with Gasteiger partial charge in [-0.1, -0.05) is 30.3 Å². The normalized spacial score (nSPS) is 24.8. The predicted octanol–water partition coefficient (Wildman–Crippen LogP) is 2.64. The summed E-state index contributed by atoms with van der Waals surface area (Å²) in [6, 6.07) is 16.6. The van der Waals surface area contributed by atoms with Gasteiger partial charge >= 0.3 is 6.09 Å². The first kappa shape index (κ1) is 16.4. The van der Waals surface area contributed by atoms with Gasteiger partial charge in [-0.05, 0) is 29.8 Å². The summed E-state index contributed by atoms with van der Waals surface area (Å²) in [7, 11) is 1.62. The average molecular weight is 352 g/mol. The molecule has 2 aromatic rings. The van der Waals surface area contributed by atoms with E-state index in [0.717, 1.165) is 23.3 Å². The molecule has 6 heteroatoms. The third-order valence-electron chi connectivity index (χ3n) is 5.13. The van der Waals surface area contributed by atoms with E-state index in [-0.39, 0.29) is 24.2 Å². The molecule has 0 aromatic heterocycles. The molecule has 2 aliphatic heterocycles. The third-order valence-corrected chi connectivity index (χ3v) is 5.13. The Kier molecular flexibility index (Phi) is 4.24. The first-order valence-electron chi connectivity index (χ1n) is 8.59. The Morgan fingerprint density at radius 3 is 2.50 bits per heavy atom. The van der Waals surface area contributed by atoms with Crippen LogP contribution in [-0.4, -0.2) is 49.6 Å². The van der Waals surface area contributed by atoms with Crippen LogP contribution in [0, 0.1) is 0 Å². The van der Waals surface area contributed by atoms with E-state index in [1.54, 1.807) is 12.0 Å². The van der Waals surface area contributed by atoms with E-state index in [2.05, 4.69) is 0 Å². The van der Waals surface area contributed by atoms with E-state index in [1.807, 2.05) is 59.5 Å². The van der Waals surface area contributed by atoms with Gasteiger partial charge in [0.05, 0.1) is 19.2 Å². The second-order valence-electron chi connectivity index (χ2n) is 6.46. The Morgan fingerprint density at radius 2 is 1.85 bits per heavy atom. The highest BCUT2D eigenvalue weighted by atomic mass is 16.6. The van der Waals surface area contributed by atoms with Crippen LogP contribution in [0.15, 0.2) is 54.6 Å². The largest absolute Gasteiger partial charge is 0.497 e. The molecular formula is C20H20N2O4. The zero-order chi connectivity index (χ0) is 18.1. The summed E-state index contributed by atoms with van der Waals surface area (Å²) in [6.45, 7) is 0.904. The topological polar surface area (TPSA) is 59.1 Å². The monoisotopic (exact) mass is 352 g/mol. The summed E-state index contributed by atoms with van der Waals surface area (Å²) < 4.78 is 10.5. The number of carbonyl (C=O) groups is 2. The van der Waals surface area contributed by atoms with Gasteiger partial charge in [0.2, 0.25) is 0 Å². The first-order chi connectivity index (χ1) is 12.7. The smallest absolute Gasteiger partial charge is 0.410 e. The molecular weight excluding hydrogens is 332 g/mol. The van der Waals surface area contributed by atoms with Gasteiger partial charge in [0.15, 0.2) is 0 Å². The third kappa shape index (κ3) is 2.67. The molecule has 2 heterocycles. The number of benzene rings is 2. The molecule has 0 N–H and O–H groups in total. The van der Waals surface area contributed by atoms with Crippen molar-refractivity contribution in [2.45, 2.75) is 18.1 Å². The Morgan fingerprint density at radius 1 is 1.12 bits per heavy atom. The number of rotatable bonds is 5. The van der Waals surface area contributed by atoms with Crippen LogP contribution in [0.5, 0.6) is 5.75 Å². The van der Waals surface area contributed by atoms with Crippen LogP contribution in [0.25, 0.3) is 0 Å². The molecule has 134 valence electrons. The van der Waals surface area contributed by atoms with Crippen molar-refractivity contribution < 1.29 is 19.1 Å². The summed E-state index contributed by atoms with van der Waals surface area (Å²) in [5.74, 6) is 0.765. The summed E-state index contributed by atoms with van der Waals surface area (Å²) >= 11 is 0. The molecule has 0 spiro atoms. The Hall–Kier alpha value is -3.02. The van der Waals surface area contributed by atoms with Crippen molar-refractivity contribution in [1.29, 1.82) is 0 Å². The van der Waals surface area contributed by atoms with E-state index in [4.69, 9.17) is 9.47 Å². The zero-order valence-electron chi connectivity index (χ0n) is 14.4. The van der Waals surface area contributed by atoms with E-state index in [0.29, 0.717) is 13.2 Å². The van der Waals surface area contributed by atoms with Gasteiger partial charge in [0.25, 0.3) is 0 Å². The molecule has 2 aromatic carbocycles. The highest BCUT2D eigenvalue weighted by Crippen LogP contribution is 2.37. The molecule has 2 saturated heterocycles. The highest BCUT2D eigenvalue weighted by Gasteiger charge is 2.50. The number of anilines is 1. The fourth-order valence-corrected chi connectivity index (χ4v) is 3.70. The van der Waals surface area contributed by atoms with Crippen LogP contribution in [-0.2, 0) is 9.53 Å². The van der Waals surface area contributed by atoms with Gasteiger partial charge in [0.1, 0.15) is 24.7 Å². The summed E-state index contributed by atoms with van der Waals surface area (Å²) in [5, 5.41) is 0. The predicted molar refractivity (Wildman–Crippen MR) is 96.4 cm³/mol. The lowest BCUT2D eigenvalue weighted by atomic mass is 9.92. The molecule has 26 heavy (non-hydrogen) atoms. The molecule has 0 radical (unpaired) electrons. The van der Waals surface area contributed by atoms with Crippen molar-refractivity contribution in [2.75, 3.05) is 25.2 Å². The Balaban J connectivity index is 1.55. The fraction of sp³-hybridized carbons (Fsp3) is 0.300. The van der Waals surface area contributed by atoms with Crippen LogP contribution >= 0.6 is 0 Å². The number of ether oxygens (including phenoxy) is 2. The fourth-order valence-electron chi connectivity index (χ4n) is 3.70. The lowest BCUT2D eigenvalue weighted by Crippen LogP contribution is -2.68. The molecule has 0 bridgehead atoms. The lowest BCUT2D eigenvalue weighted by molar-refractivity contribution is -0.111. The van der Waals surface area contributed by atoms with Gasteiger partial charge < -0.3 is 19.2 Å². The minimum Gasteiger partial charge on any atom is -0.497 e. The molecule has 0 saturated carbocycles. The number of hydrogen-bond acceptors (Lipinski definition) is 5. The maximum atomic E-state index is 12.3. The maximum Gasteiger partial charge on any atom is 0.410 e. The first-order valence-corrected chi connectivity index (χ1v) is 8.59. The molecule has 3 atom stereocenters. The van der Waals surface area contributed by atoms with E-state index in [1.165, 1.54) is 0 Å². The molecule has 2 fully saturated rings. The summed E-state index contributed by atoms with van der Waals surface area (Å²) in [6.07, 6.45) is 0.552. The van der Waals surface area contributed by atoms with Gasteiger partial charge in [-0.15, -0.1) is 0 Å². The van der Waals surface area contributed by atoms with Crippen LogP contribution in [0.4, 0.5) is 10.5 Å². The number of hydrogen-bond donors (Lipinski definition) is 0. The van der Waals surface area contributed by atoms with Crippen molar-refractivity contribution >= 4 is 18.1 Å². The number of carbonyl (C=O) groups excluding carboxylic acids is 2. The highest BCUT2D eigenvalue weighted by molar-refractivity contribution is 5.77. The van der Waals surface area contributed by atoms with Crippen LogP contribution in [0.3, 0.4) is 0 Å². The Labute approximate surface area is 151 Å². The second-order valence-corrected chi connectivity index (χ2v) is 6.46. The van der Waals surface area contributed by atoms with Crippen molar-refractivity contribution in [3.05, 3.63) is 60.2 Å². The van der Waals surface area contributed by atoms with Crippen molar-refractivity contribution in [3.63, 3.8) is 0 Å². The number of nitrogens with zero attached hydrogens (tertiary/aromatic N) is 2. The molecule has 0 unspecified atom stereocenters. The van der Waals surface area contributed by atoms with Crippen molar-refractivity contribution in [1.82, 2.24) is 4.90 Å². The maximum absolute atomic E-state index is 12.3. The van der Waals surface area contributed by atoms with Crippen LogP contribution < -0.4 is 9.64 Å². The molecule has 1 amide bonds. The van der Waals surface area contributed by atoms with Crippen molar-refractivity contribution in [2.24, 2.45) is 0 Å². The molecule has 0 aliphatic carbocycles. The standard InChI is InChI=1S/C20H20N2O4/c1-25-16-9-7-15(8-10-16)21-11-17(18(21)12-23)22-19(13-26-20(22)24)14-5-3-2-4-6-14/h2-10,12,17-19H,11,13H2,1H3/t17-,18-,19-/m1/s1. The van der Waals surface area contributed by atoms with Gasteiger partial charge in [-0.2, -0.15) is 0 Å². The minimum absolute atomic E-state index is 0.158. The molecule has 6 nitrogen and oxygen atoms in total. The number of aldehydes is 1. The van der Waals surface area contributed by atoms with Crippen molar-refractivity contribution in [3.8, 4) is 5.75 Å². The molecule has 2 aliphatic rings. The average Bonchev–Trinajstić information content (AvgIpc) is 3.04. The van der Waals surface area contributed by atoms with Gasteiger partial charge in [-0.25, -0.2) is 4.79 Å². The number of methoxy groups -OCH3 is 1. The van der Waals surface area contributed by atoms with E-state index >= 15 is 0 Å². The zero-order valence-corrected chi connectivity index (χ0v) is 14.4. The summed E-state index contributed by atoms with van der Waals surface area (Å²) in [4.78, 5) is 27.8. The van der Waals surface area contributed by atoms with Gasteiger partial charge in [-0.3, -0.25) is 4.90 Å². The number of amides is 1. The molecule has 4 rings (SSSR count). The second kappa shape index (κ2) is 6.71. The summed E-state index contributed by atoms with van der Waals surface area (Å²) in [5.41, 5.74) is 1.95. The van der Waals surface area contributed by atoms with E-state index < -0.39 is 0 Å². The Bertz CT molecular complexity index is 793. The minimum atomic E-state index is -0.389. The van der Waals surface area contributed by atoms with E-state index in [9.17, 15) is 9.59 Å². The van der Waals surface area contributed by atoms with Crippen LogP contribution in [0.2, 0.25) is 0 Å². The van der Waals surface area contributed by atoms with Crippen LogP contribution in [0.1, 0.15) is 11.6 Å². The SMILES string of the molecule is COc1ccc(N2C[C@@H](N3C(=O)OC[C@@H]3c3ccccc3)[C@H]2C=O)cc1.